The predicted molar refractivity (Wildman–Crippen MR) is 118 cm³/mol. The van der Waals surface area contributed by atoms with Crippen molar-refractivity contribution < 1.29 is 14.4 Å². The van der Waals surface area contributed by atoms with Gasteiger partial charge in [-0.3, -0.25) is 14.4 Å². The molecule has 0 aromatic heterocycles. The smallest absolute Gasteiger partial charge is 0.240 e. The Morgan fingerprint density at radius 1 is 1.00 bits per heavy atom. The molecule has 0 bridgehead atoms. The van der Waals surface area contributed by atoms with Crippen molar-refractivity contribution in [1.82, 2.24) is 20.9 Å². The minimum absolute atomic E-state index is 0.0614. The molecule has 0 fully saturated rings. The summed E-state index contributed by atoms with van der Waals surface area (Å²) in [4.78, 5) is 38.6. The molecule has 30 heavy (non-hydrogen) atoms. The van der Waals surface area contributed by atoms with Crippen molar-refractivity contribution in [2.45, 2.75) is 52.0 Å². The third-order valence-corrected chi connectivity index (χ3v) is 5.75. The molecule has 2 unspecified atom stereocenters. The number of carbonyl (C=O) groups is 3. The fourth-order valence-electron chi connectivity index (χ4n) is 3.68. The van der Waals surface area contributed by atoms with Crippen LogP contribution in [0.15, 0.2) is 24.3 Å². The van der Waals surface area contributed by atoms with Gasteiger partial charge in [-0.05, 0) is 49.3 Å². The van der Waals surface area contributed by atoms with Gasteiger partial charge in [-0.2, -0.15) is 0 Å². The summed E-state index contributed by atoms with van der Waals surface area (Å²) >= 11 is 0. The van der Waals surface area contributed by atoms with Crippen LogP contribution in [0.5, 0.6) is 0 Å². The number of aryl methyl sites for hydroxylation is 1. The maximum Gasteiger partial charge on any atom is 0.240 e. The highest BCUT2D eigenvalue weighted by molar-refractivity contribution is 5.89. The first kappa shape index (κ1) is 23.9. The van der Waals surface area contributed by atoms with Gasteiger partial charge in [0.25, 0.3) is 0 Å². The summed E-state index contributed by atoms with van der Waals surface area (Å²) in [5, 5.41) is 8.87. The van der Waals surface area contributed by atoms with Crippen LogP contribution in [0.3, 0.4) is 0 Å². The topological polar surface area (TPSA) is 90.5 Å². The number of fused-ring (bicyclic) bond motifs is 1. The molecule has 7 nitrogen and oxygen atoms in total. The Bertz CT molecular complexity index is 722. The lowest BCUT2D eigenvalue weighted by molar-refractivity contribution is -0.137. The van der Waals surface area contributed by atoms with Crippen molar-refractivity contribution in [1.29, 1.82) is 0 Å². The van der Waals surface area contributed by atoms with Gasteiger partial charge >= 0.3 is 0 Å². The molecule has 3 N–H and O–H groups in total. The average molecular weight is 417 g/mol. The van der Waals surface area contributed by atoms with E-state index in [1.165, 1.54) is 16.0 Å². The van der Waals surface area contributed by atoms with Gasteiger partial charge in [0.2, 0.25) is 17.7 Å². The monoisotopic (exact) mass is 416 g/mol. The van der Waals surface area contributed by atoms with Gasteiger partial charge in [0.1, 0.15) is 0 Å². The van der Waals surface area contributed by atoms with Gasteiger partial charge in [-0.15, -0.1) is 0 Å². The van der Waals surface area contributed by atoms with E-state index in [-0.39, 0.29) is 42.8 Å². The van der Waals surface area contributed by atoms with Crippen LogP contribution >= 0.6 is 0 Å². The van der Waals surface area contributed by atoms with E-state index < -0.39 is 0 Å². The SMILES string of the molecule is CCC(C)C1NCCCCc2ccccc2CCNC(=O)CNC(=O)CN(C)C1=O. The number of carbonyl (C=O) groups excluding carboxylic acids is 3. The zero-order valence-electron chi connectivity index (χ0n) is 18.5. The summed E-state index contributed by atoms with van der Waals surface area (Å²) < 4.78 is 0. The van der Waals surface area contributed by atoms with Crippen LogP contribution in [0.1, 0.15) is 44.2 Å². The van der Waals surface area contributed by atoms with Crippen LogP contribution in [0.4, 0.5) is 0 Å². The zero-order chi connectivity index (χ0) is 21.9. The highest BCUT2D eigenvalue weighted by atomic mass is 16.2. The Hall–Kier alpha value is -2.41. The first-order valence-corrected chi connectivity index (χ1v) is 11.0. The normalized spacial score (nSPS) is 21.6. The van der Waals surface area contributed by atoms with Gasteiger partial charge in [0.15, 0.2) is 0 Å². The molecule has 7 heteroatoms. The lowest BCUT2D eigenvalue weighted by Gasteiger charge is -2.28. The number of nitrogens with one attached hydrogen (secondary N) is 3. The van der Waals surface area contributed by atoms with E-state index in [1.807, 2.05) is 12.1 Å². The van der Waals surface area contributed by atoms with Crippen LogP contribution in [0.25, 0.3) is 0 Å². The minimum Gasteiger partial charge on any atom is -0.354 e. The molecule has 0 saturated carbocycles. The Labute approximate surface area is 180 Å². The molecule has 166 valence electrons. The van der Waals surface area contributed by atoms with Crippen LogP contribution in [-0.4, -0.2) is 61.9 Å². The molecule has 1 heterocycles. The van der Waals surface area contributed by atoms with Crippen molar-refractivity contribution in [3.05, 3.63) is 35.4 Å². The molecule has 1 aliphatic rings. The zero-order valence-corrected chi connectivity index (χ0v) is 18.5. The Kier molecular flexibility index (Phi) is 9.80. The van der Waals surface area contributed by atoms with Crippen molar-refractivity contribution in [2.75, 3.05) is 33.2 Å². The quantitative estimate of drug-likeness (QED) is 0.677. The summed E-state index contributed by atoms with van der Waals surface area (Å²) in [7, 11) is 1.63. The number of hydrogen-bond acceptors (Lipinski definition) is 4. The van der Waals surface area contributed by atoms with Crippen molar-refractivity contribution in [3.8, 4) is 0 Å². The van der Waals surface area contributed by atoms with E-state index in [4.69, 9.17) is 0 Å². The first-order chi connectivity index (χ1) is 14.4. The van der Waals surface area contributed by atoms with E-state index in [2.05, 4.69) is 41.9 Å². The minimum atomic E-state index is -0.338. The highest BCUT2D eigenvalue weighted by Gasteiger charge is 2.27. The van der Waals surface area contributed by atoms with Crippen molar-refractivity contribution in [2.24, 2.45) is 5.92 Å². The second kappa shape index (κ2) is 12.3. The molecule has 1 aromatic rings. The maximum atomic E-state index is 12.9. The molecular formula is C23H36N4O3. The van der Waals surface area contributed by atoms with E-state index >= 15 is 0 Å². The van der Waals surface area contributed by atoms with Crippen molar-refractivity contribution >= 4 is 17.7 Å². The molecule has 0 aliphatic carbocycles. The standard InChI is InChI=1S/C23H36N4O3/c1-4-17(2)22-23(30)27(3)16-21(29)26-15-20(28)24-14-12-19-10-6-5-9-18(19)11-7-8-13-25-22/h5-6,9-10,17,22,25H,4,7-8,11-16H2,1-3H3,(H,24,28)(H,26,29). The molecule has 2 rings (SSSR count). The van der Waals surface area contributed by atoms with Crippen LogP contribution < -0.4 is 16.0 Å². The van der Waals surface area contributed by atoms with Gasteiger partial charge in [-0.25, -0.2) is 0 Å². The Balaban J connectivity index is 2.10. The summed E-state index contributed by atoms with van der Waals surface area (Å²) in [6, 6.07) is 8.00. The third kappa shape index (κ3) is 7.44. The van der Waals surface area contributed by atoms with E-state index in [9.17, 15) is 14.4 Å². The maximum absolute atomic E-state index is 12.9. The Morgan fingerprint density at radius 2 is 1.70 bits per heavy atom. The van der Waals surface area contributed by atoms with Gasteiger partial charge < -0.3 is 20.9 Å². The number of nitrogens with zero attached hydrogens (tertiary/aromatic N) is 1. The first-order valence-electron chi connectivity index (χ1n) is 11.0. The number of rotatable bonds is 2. The Morgan fingerprint density at radius 3 is 2.40 bits per heavy atom. The fourth-order valence-corrected chi connectivity index (χ4v) is 3.68. The fraction of sp³-hybridized carbons (Fsp3) is 0.609. The predicted octanol–water partition coefficient (Wildman–Crippen LogP) is 1.26. The molecule has 1 aromatic carbocycles. The van der Waals surface area contributed by atoms with Gasteiger partial charge in [0.05, 0.1) is 19.1 Å². The average Bonchev–Trinajstić information content (AvgIpc) is 2.74. The molecule has 2 atom stereocenters. The lowest BCUT2D eigenvalue weighted by Crippen LogP contribution is -2.51. The largest absolute Gasteiger partial charge is 0.354 e. The van der Waals surface area contributed by atoms with Crippen molar-refractivity contribution in [3.63, 3.8) is 0 Å². The van der Waals surface area contributed by atoms with Crippen LogP contribution in [-0.2, 0) is 27.2 Å². The number of hydrogen-bond donors (Lipinski definition) is 3. The summed E-state index contributed by atoms with van der Waals surface area (Å²) in [5.74, 6) is -0.485. The molecule has 3 amide bonds. The molecule has 0 saturated heterocycles. The second-order valence-corrected chi connectivity index (χ2v) is 8.11. The number of likely N-dealkylation sites (N-methyl/N-ethyl adjacent to an activating group) is 1. The molecule has 1 aliphatic heterocycles. The van der Waals surface area contributed by atoms with Gasteiger partial charge in [-0.1, -0.05) is 44.5 Å². The second-order valence-electron chi connectivity index (χ2n) is 8.11. The van der Waals surface area contributed by atoms with E-state index in [0.717, 1.165) is 38.6 Å². The summed E-state index contributed by atoms with van der Waals surface area (Å²) in [6.07, 6.45) is 4.60. The molecule has 0 spiro atoms. The van der Waals surface area contributed by atoms with E-state index in [0.29, 0.717) is 6.54 Å². The summed E-state index contributed by atoms with van der Waals surface area (Å²) in [6.45, 7) is 5.26. The van der Waals surface area contributed by atoms with Crippen LogP contribution in [0.2, 0.25) is 0 Å². The molecule has 0 radical (unpaired) electrons. The lowest BCUT2D eigenvalue weighted by atomic mass is 9.97. The number of benzene rings is 1. The summed E-state index contributed by atoms with van der Waals surface area (Å²) in [5.41, 5.74) is 2.54. The highest BCUT2D eigenvalue weighted by Crippen LogP contribution is 2.14. The number of amides is 3. The molecular weight excluding hydrogens is 380 g/mol. The van der Waals surface area contributed by atoms with Crippen LogP contribution in [0, 0.1) is 5.92 Å². The third-order valence-electron chi connectivity index (χ3n) is 5.75. The van der Waals surface area contributed by atoms with Gasteiger partial charge in [0, 0.05) is 13.6 Å². The van der Waals surface area contributed by atoms with E-state index in [1.54, 1.807) is 7.05 Å².